The highest BCUT2D eigenvalue weighted by Crippen LogP contribution is 2.44. The van der Waals surface area contributed by atoms with Crippen molar-refractivity contribution in [3.63, 3.8) is 0 Å². The summed E-state index contributed by atoms with van der Waals surface area (Å²) in [5.41, 5.74) is 0.321. The standard InChI is InChI=1S/C22H22F3NO4/c1-13(2)11-21(19(27)28,22(23,24)25)26-20(29)30-12-18-16-9-5-3-7-14(16)15-8-4-6-10-17(15)18/h3-10,13,18H,11-12H2,1-2H3,(H,26,29)(H,27,28). The van der Waals surface area contributed by atoms with Crippen LogP contribution < -0.4 is 5.32 Å². The predicted octanol–water partition coefficient (Wildman–Crippen LogP) is 4.96. The molecule has 0 aliphatic heterocycles. The Labute approximate surface area is 171 Å². The molecule has 1 amide bonds. The first-order valence-corrected chi connectivity index (χ1v) is 9.50. The molecule has 2 aromatic rings. The van der Waals surface area contributed by atoms with Gasteiger partial charge in [0.15, 0.2) is 0 Å². The quantitative estimate of drug-likeness (QED) is 0.692. The number of alkyl halides is 3. The lowest BCUT2D eigenvalue weighted by Gasteiger charge is -2.33. The zero-order valence-corrected chi connectivity index (χ0v) is 16.5. The van der Waals surface area contributed by atoms with Crippen molar-refractivity contribution in [2.45, 2.75) is 37.9 Å². The molecular weight excluding hydrogens is 399 g/mol. The minimum absolute atomic E-state index is 0.213. The van der Waals surface area contributed by atoms with E-state index in [0.29, 0.717) is 0 Å². The SMILES string of the molecule is CC(C)CC(NC(=O)OCC1c2ccccc2-c2ccccc21)(C(=O)O)C(F)(F)F. The van der Waals surface area contributed by atoms with E-state index in [2.05, 4.69) is 0 Å². The molecule has 1 aliphatic rings. The van der Waals surface area contributed by atoms with E-state index < -0.39 is 36.1 Å². The molecule has 0 aromatic heterocycles. The summed E-state index contributed by atoms with van der Waals surface area (Å²) in [4.78, 5) is 23.8. The summed E-state index contributed by atoms with van der Waals surface area (Å²) in [5.74, 6) is -3.15. The number of carboxylic acids is 1. The van der Waals surface area contributed by atoms with Crippen molar-refractivity contribution in [3.8, 4) is 11.1 Å². The molecule has 8 heteroatoms. The number of rotatable bonds is 6. The largest absolute Gasteiger partial charge is 0.479 e. The fourth-order valence-corrected chi connectivity index (χ4v) is 3.92. The highest BCUT2D eigenvalue weighted by molar-refractivity contribution is 5.85. The Kier molecular flexibility index (Phi) is 5.78. The molecule has 0 saturated heterocycles. The number of benzene rings is 2. The second-order valence-corrected chi connectivity index (χ2v) is 7.76. The van der Waals surface area contributed by atoms with Crippen LogP contribution in [0.5, 0.6) is 0 Å². The Morgan fingerprint density at radius 2 is 1.53 bits per heavy atom. The summed E-state index contributed by atoms with van der Waals surface area (Å²) in [6.07, 6.45) is -7.41. The van der Waals surface area contributed by atoms with Gasteiger partial charge in [-0.15, -0.1) is 0 Å². The minimum atomic E-state index is -5.19. The zero-order chi connectivity index (χ0) is 22.1. The number of carbonyl (C=O) groups excluding carboxylic acids is 1. The molecule has 1 unspecified atom stereocenters. The summed E-state index contributed by atoms with van der Waals surface area (Å²) in [6, 6.07) is 15.0. The summed E-state index contributed by atoms with van der Waals surface area (Å²) in [6.45, 7) is 2.68. The molecule has 0 bridgehead atoms. The third-order valence-electron chi connectivity index (χ3n) is 5.22. The van der Waals surface area contributed by atoms with Gasteiger partial charge < -0.3 is 9.84 Å². The van der Waals surface area contributed by atoms with Gasteiger partial charge in [0.2, 0.25) is 5.54 Å². The number of aliphatic carboxylic acids is 1. The van der Waals surface area contributed by atoms with Crippen molar-refractivity contribution in [2.24, 2.45) is 5.92 Å². The first-order chi connectivity index (χ1) is 14.1. The van der Waals surface area contributed by atoms with Gasteiger partial charge in [-0.25, -0.2) is 9.59 Å². The van der Waals surface area contributed by atoms with Crippen LogP contribution in [0.4, 0.5) is 18.0 Å². The summed E-state index contributed by atoms with van der Waals surface area (Å²) in [5, 5.41) is 10.9. The van der Waals surface area contributed by atoms with E-state index in [1.807, 2.05) is 48.5 Å². The fraction of sp³-hybridized carbons (Fsp3) is 0.364. The Balaban J connectivity index is 1.81. The molecule has 3 rings (SSSR count). The van der Waals surface area contributed by atoms with Gasteiger partial charge in [0.05, 0.1) is 0 Å². The molecule has 2 N–H and O–H groups in total. The van der Waals surface area contributed by atoms with Gasteiger partial charge in [-0.3, -0.25) is 5.32 Å². The van der Waals surface area contributed by atoms with E-state index >= 15 is 0 Å². The third kappa shape index (κ3) is 3.86. The van der Waals surface area contributed by atoms with Crippen molar-refractivity contribution in [3.05, 3.63) is 59.7 Å². The number of hydrogen-bond donors (Lipinski definition) is 2. The lowest BCUT2D eigenvalue weighted by molar-refractivity contribution is -0.211. The van der Waals surface area contributed by atoms with Crippen molar-refractivity contribution < 1.29 is 32.6 Å². The van der Waals surface area contributed by atoms with Crippen molar-refractivity contribution in [1.82, 2.24) is 5.32 Å². The Bertz CT molecular complexity index is 912. The number of halogens is 3. The smallest absolute Gasteiger partial charge is 0.422 e. The fourth-order valence-electron chi connectivity index (χ4n) is 3.92. The number of ether oxygens (including phenoxy) is 1. The van der Waals surface area contributed by atoms with Gasteiger partial charge in [-0.05, 0) is 34.6 Å². The van der Waals surface area contributed by atoms with Crippen LogP contribution in [0, 0.1) is 5.92 Å². The van der Waals surface area contributed by atoms with Gasteiger partial charge in [0, 0.05) is 5.92 Å². The molecule has 160 valence electrons. The topological polar surface area (TPSA) is 75.6 Å². The monoisotopic (exact) mass is 421 g/mol. The zero-order valence-electron chi connectivity index (χ0n) is 16.5. The van der Waals surface area contributed by atoms with Crippen LogP contribution in [-0.4, -0.2) is 35.5 Å². The van der Waals surface area contributed by atoms with Gasteiger partial charge >= 0.3 is 18.2 Å². The molecule has 1 atom stereocenters. The number of hydrogen-bond acceptors (Lipinski definition) is 3. The van der Waals surface area contributed by atoms with E-state index in [1.54, 1.807) is 5.32 Å². The number of alkyl carbamates (subject to hydrolysis) is 1. The van der Waals surface area contributed by atoms with Gasteiger partial charge in [-0.2, -0.15) is 13.2 Å². The third-order valence-corrected chi connectivity index (χ3v) is 5.22. The highest BCUT2D eigenvalue weighted by Gasteiger charge is 2.62. The van der Waals surface area contributed by atoms with Crippen LogP contribution in [0.15, 0.2) is 48.5 Å². The normalized spacial score (nSPS) is 15.3. The van der Waals surface area contributed by atoms with Crippen LogP contribution in [0.1, 0.15) is 37.3 Å². The number of amides is 1. The molecule has 1 aliphatic carbocycles. The number of fused-ring (bicyclic) bond motifs is 3. The maximum absolute atomic E-state index is 13.6. The van der Waals surface area contributed by atoms with Gasteiger partial charge in [-0.1, -0.05) is 62.4 Å². The van der Waals surface area contributed by atoms with E-state index in [-0.39, 0.29) is 12.5 Å². The first kappa shape index (κ1) is 21.7. The molecular formula is C22H22F3NO4. The van der Waals surface area contributed by atoms with E-state index in [9.17, 15) is 27.9 Å². The highest BCUT2D eigenvalue weighted by atomic mass is 19.4. The Morgan fingerprint density at radius 3 is 1.97 bits per heavy atom. The van der Waals surface area contributed by atoms with E-state index in [1.165, 1.54) is 13.8 Å². The molecule has 0 radical (unpaired) electrons. The van der Waals surface area contributed by atoms with Gasteiger partial charge in [0.1, 0.15) is 6.61 Å². The summed E-state index contributed by atoms with van der Waals surface area (Å²) >= 11 is 0. The number of nitrogens with one attached hydrogen (secondary N) is 1. The van der Waals surface area contributed by atoms with Crippen LogP contribution in [0.3, 0.4) is 0 Å². The number of carboxylic acid groups (broad SMARTS) is 1. The maximum atomic E-state index is 13.6. The average molecular weight is 421 g/mol. The van der Waals surface area contributed by atoms with Crippen molar-refractivity contribution >= 4 is 12.1 Å². The Hall–Kier alpha value is -3.03. The van der Waals surface area contributed by atoms with Crippen LogP contribution in [0.25, 0.3) is 11.1 Å². The predicted molar refractivity (Wildman–Crippen MR) is 104 cm³/mol. The molecule has 0 fully saturated rings. The summed E-state index contributed by atoms with van der Waals surface area (Å²) < 4.78 is 46.0. The molecule has 2 aromatic carbocycles. The average Bonchev–Trinajstić information content (AvgIpc) is 2.98. The molecule has 30 heavy (non-hydrogen) atoms. The summed E-state index contributed by atoms with van der Waals surface area (Å²) in [7, 11) is 0. The van der Waals surface area contributed by atoms with Crippen LogP contribution >= 0.6 is 0 Å². The van der Waals surface area contributed by atoms with Crippen LogP contribution in [-0.2, 0) is 9.53 Å². The first-order valence-electron chi connectivity index (χ1n) is 9.50. The van der Waals surface area contributed by atoms with Crippen LogP contribution in [0.2, 0.25) is 0 Å². The molecule has 5 nitrogen and oxygen atoms in total. The molecule has 0 spiro atoms. The van der Waals surface area contributed by atoms with Crippen molar-refractivity contribution in [2.75, 3.05) is 6.61 Å². The lowest BCUT2D eigenvalue weighted by Crippen LogP contribution is -2.64. The van der Waals surface area contributed by atoms with E-state index in [0.717, 1.165) is 22.3 Å². The minimum Gasteiger partial charge on any atom is -0.479 e. The second kappa shape index (κ2) is 8.01. The lowest BCUT2D eigenvalue weighted by atomic mass is 9.88. The Morgan fingerprint density at radius 1 is 1.03 bits per heavy atom. The van der Waals surface area contributed by atoms with E-state index in [4.69, 9.17) is 4.74 Å². The second-order valence-electron chi connectivity index (χ2n) is 7.76. The maximum Gasteiger partial charge on any atom is 0.422 e. The van der Waals surface area contributed by atoms with Crippen molar-refractivity contribution in [1.29, 1.82) is 0 Å². The number of carbonyl (C=O) groups is 2. The molecule has 0 heterocycles. The van der Waals surface area contributed by atoms with Gasteiger partial charge in [0.25, 0.3) is 0 Å². The molecule has 0 saturated carbocycles.